The molecule has 5 heteroatoms. The molecular formula is C22H26ClNO3. The van der Waals surface area contributed by atoms with Gasteiger partial charge >= 0.3 is 5.97 Å². The molecule has 144 valence electrons. The summed E-state index contributed by atoms with van der Waals surface area (Å²) in [5, 5.41) is 0.713. The van der Waals surface area contributed by atoms with E-state index in [2.05, 4.69) is 0 Å². The molecule has 1 amide bonds. The number of amides is 1. The van der Waals surface area contributed by atoms with E-state index < -0.39 is 0 Å². The van der Waals surface area contributed by atoms with Crippen molar-refractivity contribution in [1.29, 1.82) is 0 Å². The van der Waals surface area contributed by atoms with Gasteiger partial charge in [0.2, 0.25) is 5.91 Å². The first kappa shape index (κ1) is 21.0. The number of esters is 1. The Kier molecular flexibility index (Phi) is 8.85. The summed E-state index contributed by atoms with van der Waals surface area (Å²) in [6.45, 7) is 0.986. The number of nitrogens with zero attached hydrogens (tertiary/aromatic N) is 1. The van der Waals surface area contributed by atoms with E-state index in [9.17, 15) is 9.59 Å². The van der Waals surface area contributed by atoms with E-state index in [0.717, 1.165) is 24.8 Å². The third kappa shape index (κ3) is 7.83. The maximum atomic E-state index is 12.7. The molecule has 0 unspecified atom stereocenters. The summed E-state index contributed by atoms with van der Waals surface area (Å²) in [5.41, 5.74) is 2.34. The number of halogens is 1. The van der Waals surface area contributed by atoms with E-state index in [4.69, 9.17) is 16.3 Å². The molecule has 0 heterocycles. The molecule has 0 aromatic heterocycles. The second-order valence-electron chi connectivity index (χ2n) is 6.42. The van der Waals surface area contributed by atoms with Crippen molar-refractivity contribution in [2.45, 2.75) is 32.1 Å². The zero-order valence-electron chi connectivity index (χ0n) is 15.7. The Morgan fingerprint density at radius 3 is 2.22 bits per heavy atom. The molecule has 27 heavy (non-hydrogen) atoms. The largest absolute Gasteiger partial charge is 0.469 e. The van der Waals surface area contributed by atoms with Gasteiger partial charge in [-0.1, -0.05) is 54.1 Å². The van der Waals surface area contributed by atoms with Crippen LogP contribution in [0.3, 0.4) is 0 Å². The van der Waals surface area contributed by atoms with Gasteiger partial charge < -0.3 is 9.64 Å². The summed E-state index contributed by atoms with van der Waals surface area (Å²) in [5.74, 6) is -0.225. The van der Waals surface area contributed by atoms with Gasteiger partial charge in [0.15, 0.2) is 0 Å². The first-order chi connectivity index (χ1) is 13.1. The highest BCUT2D eigenvalue weighted by molar-refractivity contribution is 6.30. The van der Waals surface area contributed by atoms with Crippen LogP contribution >= 0.6 is 11.6 Å². The average Bonchev–Trinajstić information content (AvgIpc) is 2.70. The van der Waals surface area contributed by atoms with Crippen LogP contribution in [0, 0.1) is 0 Å². The van der Waals surface area contributed by atoms with Crippen LogP contribution in [0.1, 0.15) is 30.4 Å². The van der Waals surface area contributed by atoms with Crippen LogP contribution in [-0.4, -0.2) is 37.0 Å². The number of carbonyl (C=O) groups excluding carboxylic acids is 2. The summed E-state index contributed by atoms with van der Waals surface area (Å²) < 4.78 is 4.70. The number of methoxy groups -OCH3 is 1. The number of benzene rings is 2. The van der Waals surface area contributed by atoms with E-state index in [1.54, 1.807) is 4.90 Å². The fraction of sp³-hybridized carbons (Fsp3) is 0.364. The van der Waals surface area contributed by atoms with Crippen LogP contribution in [0.15, 0.2) is 54.6 Å². The van der Waals surface area contributed by atoms with Crippen LogP contribution in [0.5, 0.6) is 0 Å². The second kappa shape index (κ2) is 11.4. The molecule has 2 aromatic rings. The van der Waals surface area contributed by atoms with Crippen molar-refractivity contribution in [2.75, 3.05) is 20.2 Å². The van der Waals surface area contributed by atoms with Crippen molar-refractivity contribution < 1.29 is 14.3 Å². The Labute approximate surface area is 166 Å². The molecule has 0 aliphatic carbocycles. The molecule has 0 saturated carbocycles. The molecule has 0 spiro atoms. The van der Waals surface area contributed by atoms with Gasteiger partial charge in [0.25, 0.3) is 0 Å². The van der Waals surface area contributed by atoms with Crippen molar-refractivity contribution in [3.05, 3.63) is 70.7 Å². The van der Waals surface area contributed by atoms with Gasteiger partial charge in [-0.15, -0.1) is 0 Å². The number of hydrogen-bond acceptors (Lipinski definition) is 3. The summed E-state index contributed by atoms with van der Waals surface area (Å²) in [4.78, 5) is 25.9. The molecule has 4 nitrogen and oxygen atoms in total. The van der Waals surface area contributed by atoms with Gasteiger partial charge in [-0.25, -0.2) is 0 Å². The highest BCUT2D eigenvalue weighted by Crippen LogP contribution is 2.13. The maximum Gasteiger partial charge on any atom is 0.307 e. The van der Waals surface area contributed by atoms with Crippen molar-refractivity contribution >= 4 is 23.5 Å². The van der Waals surface area contributed by atoms with Gasteiger partial charge in [0, 0.05) is 24.5 Å². The molecule has 0 atom stereocenters. The second-order valence-corrected chi connectivity index (χ2v) is 6.86. The van der Waals surface area contributed by atoms with E-state index in [1.807, 2.05) is 54.6 Å². The van der Waals surface area contributed by atoms with Crippen LogP contribution in [-0.2, 0) is 27.2 Å². The van der Waals surface area contributed by atoms with Gasteiger partial charge in [-0.2, -0.15) is 0 Å². The molecule has 2 aromatic carbocycles. The predicted molar refractivity (Wildman–Crippen MR) is 108 cm³/mol. The monoisotopic (exact) mass is 387 g/mol. The lowest BCUT2D eigenvalue weighted by molar-refractivity contribution is -0.141. The van der Waals surface area contributed by atoms with Crippen LogP contribution in [0.25, 0.3) is 0 Å². The predicted octanol–water partition coefficient (Wildman–Crippen LogP) is 4.30. The van der Waals surface area contributed by atoms with E-state index in [-0.39, 0.29) is 18.3 Å². The molecule has 0 aliphatic rings. The zero-order chi connectivity index (χ0) is 19.5. The Morgan fingerprint density at radius 2 is 1.56 bits per heavy atom. The molecule has 0 fully saturated rings. The number of rotatable bonds is 10. The normalized spacial score (nSPS) is 10.4. The minimum absolute atomic E-state index is 0.0730. The van der Waals surface area contributed by atoms with E-state index in [1.165, 1.54) is 12.7 Å². The Hall–Kier alpha value is -2.33. The Morgan fingerprint density at radius 1 is 0.889 bits per heavy atom. The molecule has 0 N–H and O–H groups in total. The lowest BCUT2D eigenvalue weighted by Crippen LogP contribution is -2.34. The topological polar surface area (TPSA) is 46.6 Å². The van der Waals surface area contributed by atoms with Crippen molar-refractivity contribution in [3.8, 4) is 0 Å². The van der Waals surface area contributed by atoms with Crippen molar-refractivity contribution in [3.63, 3.8) is 0 Å². The maximum absolute atomic E-state index is 12.7. The average molecular weight is 388 g/mol. The third-order valence-electron chi connectivity index (χ3n) is 4.45. The quantitative estimate of drug-likeness (QED) is 0.571. The molecular weight excluding hydrogens is 362 g/mol. The standard InChI is InChI=1S/C22H26ClNO3/c1-27-22(26)15-17-24(16-14-18-6-3-2-4-7-18)21(25)9-5-8-19-10-12-20(23)13-11-19/h2-4,6-7,10-13H,5,8-9,14-17H2,1H3. The van der Waals surface area contributed by atoms with Gasteiger partial charge in [0.05, 0.1) is 13.5 Å². The third-order valence-corrected chi connectivity index (χ3v) is 4.70. The van der Waals surface area contributed by atoms with Crippen LogP contribution in [0.4, 0.5) is 0 Å². The first-order valence-corrected chi connectivity index (χ1v) is 9.59. The summed E-state index contributed by atoms with van der Waals surface area (Å²) in [6.07, 6.45) is 3.03. The fourth-order valence-corrected chi connectivity index (χ4v) is 2.98. The van der Waals surface area contributed by atoms with Crippen molar-refractivity contribution in [1.82, 2.24) is 4.90 Å². The van der Waals surface area contributed by atoms with E-state index >= 15 is 0 Å². The van der Waals surface area contributed by atoms with Gasteiger partial charge in [0.1, 0.15) is 0 Å². The number of hydrogen-bond donors (Lipinski definition) is 0. The molecule has 0 bridgehead atoms. The zero-order valence-corrected chi connectivity index (χ0v) is 16.5. The van der Waals surface area contributed by atoms with Crippen LogP contribution < -0.4 is 0 Å². The highest BCUT2D eigenvalue weighted by Gasteiger charge is 2.15. The van der Waals surface area contributed by atoms with E-state index in [0.29, 0.717) is 24.5 Å². The Bertz CT molecular complexity index is 716. The number of carbonyl (C=O) groups is 2. The van der Waals surface area contributed by atoms with Crippen molar-refractivity contribution in [2.24, 2.45) is 0 Å². The fourth-order valence-electron chi connectivity index (χ4n) is 2.85. The molecule has 0 saturated heterocycles. The van der Waals surface area contributed by atoms with Crippen LogP contribution in [0.2, 0.25) is 5.02 Å². The lowest BCUT2D eigenvalue weighted by atomic mass is 10.1. The molecule has 0 aliphatic heterocycles. The molecule has 0 radical (unpaired) electrons. The van der Waals surface area contributed by atoms with Gasteiger partial charge in [-0.3, -0.25) is 9.59 Å². The number of ether oxygens (including phenoxy) is 1. The summed E-state index contributed by atoms with van der Waals surface area (Å²) in [6, 6.07) is 17.7. The highest BCUT2D eigenvalue weighted by atomic mass is 35.5. The van der Waals surface area contributed by atoms with Gasteiger partial charge in [-0.05, 0) is 42.5 Å². The SMILES string of the molecule is COC(=O)CCN(CCc1ccccc1)C(=O)CCCc1ccc(Cl)cc1. The molecule has 2 rings (SSSR count). The Balaban J connectivity index is 1.86. The lowest BCUT2D eigenvalue weighted by Gasteiger charge is -2.22. The minimum Gasteiger partial charge on any atom is -0.469 e. The minimum atomic E-state index is -0.298. The smallest absolute Gasteiger partial charge is 0.307 e. The first-order valence-electron chi connectivity index (χ1n) is 9.21. The summed E-state index contributed by atoms with van der Waals surface area (Å²) in [7, 11) is 1.37. The summed E-state index contributed by atoms with van der Waals surface area (Å²) >= 11 is 5.90. The number of aryl methyl sites for hydroxylation is 1.